The molecular formula is C16H16N2OS2. The van der Waals surface area contributed by atoms with Crippen LogP contribution in [0.3, 0.4) is 0 Å². The maximum absolute atomic E-state index is 5.12. The second-order valence-corrected chi connectivity index (χ2v) is 6.66. The van der Waals surface area contributed by atoms with Crippen LogP contribution in [0.4, 0.5) is 0 Å². The third-order valence-corrected chi connectivity index (χ3v) is 5.06. The molecule has 108 valence electrons. The molecule has 0 saturated carbocycles. The van der Waals surface area contributed by atoms with E-state index in [0.717, 1.165) is 27.6 Å². The summed E-state index contributed by atoms with van der Waals surface area (Å²) in [6.07, 6.45) is 1.65. The smallest absolute Gasteiger partial charge is 0.128 e. The van der Waals surface area contributed by atoms with Gasteiger partial charge < -0.3 is 4.74 Å². The van der Waals surface area contributed by atoms with Crippen LogP contribution in [-0.2, 0) is 4.74 Å². The van der Waals surface area contributed by atoms with Crippen LogP contribution in [0, 0.1) is 6.92 Å². The third kappa shape index (κ3) is 3.10. The molecule has 1 aromatic carbocycles. The molecule has 0 saturated heterocycles. The van der Waals surface area contributed by atoms with Gasteiger partial charge in [-0.25, -0.2) is 9.97 Å². The molecule has 0 atom stereocenters. The summed E-state index contributed by atoms with van der Waals surface area (Å²) >= 11 is 3.39. The first-order valence-electron chi connectivity index (χ1n) is 6.70. The number of hydrogen-bond donors (Lipinski definition) is 0. The number of aromatic nitrogens is 2. The average molecular weight is 316 g/mol. The standard InChI is InChI=1S/C16H16N2OS2/c1-11-3-5-12(6-4-11)13-9-21-16-14(13)15(17-10-18-16)20-8-7-19-2/h3-6,9-10H,7-8H2,1-2H3. The van der Waals surface area contributed by atoms with Crippen molar-refractivity contribution < 1.29 is 4.74 Å². The number of aryl methyl sites for hydroxylation is 1. The molecule has 5 heteroatoms. The highest BCUT2D eigenvalue weighted by atomic mass is 32.2. The third-order valence-electron chi connectivity index (χ3n) is 3.22. The van der Waals surface area contributed by atoms with Gasteiger partial charge >= 0.3 is 0 Å². The van der Waals surface area contributed by atoms with E-state index < -0.39 is 0 Å². The lowest BCUT2D eigenvalue weighted by Crippen LogP contribution is -1.93. The zero-order chi connectivity index (χ0) is 14.7. The van der Waals surface area contributed by atoms with Crippen LogP contribution in [-0.4, -0.2) is 29.4 Å². The topological polar surface area (TPSA) is 35.0 Å². The van der Waals surface area contributed by atoms with Crippen LogP contribution in [0.15, 0.2) is 41.0 Å². The van der Waals surface area contributed by atoms with Crippen molar-refractivity contribution in [3.63, 3.8) is 0 Å². The molecule has 2 aromatic heterocycles. The SMILES string of the molecule is COCCSc1ncnc2scc(-c3ccc(C)cc3)c12. The van der Waals surface area contributed by atoms with E-state index in [1.165, 1.54) is 16.7 Å². The van der Waals surface area contributed by atoms with Gasteiger partial charge in [0.25, 0.3) is 0 Å². The first-order chi connectivity index (χ1) is 10.3. The van der Waals surface area contributed by atoms with Crippen molar-refractivity contribution in [1.29, 1.82) is 0 Å². The molecule has 0 spiro atoms. The van der Waals surface area contributed by atoms with Crippen molar-refractivity contribution in [2.75, 3.05) is 19.5 Å². The van der Waals surface area contributed by atoms with Crippen molar-refractivity contribution in [2.24, 2.45) is 0 Å². The molecule has 0 bridgehead atoms. The lowest BCUT2D eigenvalue weighted by atomic mass is 10.1. The fourth-order valence-corrected chi connectivity index (χ4v) is 4.02. The normalized spacial score (nSPS) is 11.1. The Morgan fingerprint density at radius 1 is 1.19 bits per heavy atom. The Kier molecular flexibility index (Phi) is 4.53. The van der Waals surface area contributed by atoms with E-state index in [4.69, 9.17) is 4.74 Å². The molecule has 0 aliphatic carbocycles. The Labute approximate surface area is 132 Å². The predicted molar refractivity (Wildman–Crippen MR) is 90.2 cm³/mol. The molecular weight excluding hydrogens is 300 g/mol. The van der Waals surface area contributed by atoms with E-state index >= 15 is 0 Å². The van der Waals surface area contributed by atoms with E-state index in [0.29, 0.717) is 0 Å². The summed E-state index contributed by atoms with van der Waals surface area (Å²) in [5.74, 6) is 0.895. The largest absolute Gasteiger partial charge is 0.384 e. The Bertz CT molecular complexity index is 738. The van der Waals surface area contributed by atoms with E-state index in [1.54, 1.807) is 36.5 Å². The minimum atomic E-state index is 0.722. The maximum Gasteiger partial charge on any atom is 0.128 e. The second kappa shape index (κ2) is 6.56. The first kappa shape index (κ1) is 14.5. The predicted octanol–water partition coefficient (Wildman–Crippen LogP) is 4.41. The van der Waals surface area contributed by atoms with E-state index in [2.05, 4.69) is 46.5 Å². The van der Waals surface area contributed by atoms with Crippen LogP contribution >= 0.6 is 23.1 Å². The Morgan fingerprint density at radius 2 is 2.00 bits per heavy atom. The molecule has 0 N–H and O–H groups in total. The van der Waals surface area contributed by atoms with Gasteiger partial charge in [0.2, 0.25) is 0 Å². The zero-order valence-electron chi connectivity index (χ0n) is 12.0. The zero-order valence-corrected chi connectivity index (χ0v) is 13.6. The number of hydrogen-bond acceptors (Lipinski definition) is 5. The van der Waals surface area contributed by atoms with Crippen LogP contribution < -0.4 is 0 Å². The summed E-state index contributed by atoms with van der Waals surface area (Å²) < 4.78 is 5.12. The fourth-order valence-electron chi connectivity index (χ4n) is 2.12. The molecule has 0 amide bonds. The van der Waals surface area contributed by atoms with Crippen LogP contribution in [0.2, 0.25) is 0 Å². The molecule has 0 aliphatic rings. The number of fused-ring (bicyclic) bond motifs is 1. The van der Waals surface area contributed by atoms with Crippen LogP contribution in [0.25, 0.3) is 21.3 Å². The van der Waals surface area contributed by atoms with Gasteiger partial charge in [-0.05, 0) is 12.5 Å². The number of rotatable bonds is 5. The number of nitrogens with zero attached hydrogens (tertiary/aromatic N) is 2. The van der Waals surface area contributed by atoms with Gasteiger partial charge in [0.15, 0.2) is 0 Å². The Balaban J connectivity index is 2.04. The van der Waals surface area contributed by atoms with Crippen molar-refractivity contribution >= 4 is 33.3 Å². The van der Waals surface area contributed by atoms with Gasteiger partial charge in [-0.1, -0.05) is 29.8 Å². The summed E-state index contributed by atoms with van der Waals surface area (Å²) in [5, 5.41) is 4.37. The average Bonchev–Trinajstić information content (AvgIpc) is 2.93. The maximum atomic E-state index is 5.12. The summed E-state index contributed by atoms with van der Waals surface area (Å²) in [7, 11) is 1.72. The molecule has 2 heterocycles. The number of ether oxygens (including phenoxy) is 1. The summed E-state index contributed by atoms with van der Waals surface area (Å²) in [5.41, 5.74) is 3.70. The van der Waals surface area contributed by atoms with E-state index in [-0.39, 0.29) is 0 Å². The molecule has 0 unspecified atom stereocenters. The highest BCUT2D eigenvalue weighted by Crippen LogP contribution is 2.37. The molecule has 0 radical (unpaired) electrons. The van der Waals surface area contributed by atoms with Gasteiger partial charge in [-0.3, -0.25) is 0 Å². The van der Waals surface area contributed by atoms with Crippen molar-refractivity contribution in [1.82, 2.24) is 9.97 Å². The van der Waals surface area contributed by atoms with Crippen molar-refractivity contribution in [2.45, 2.75) is 11.9 Å². The highest BCUT2D eigenvalue weighted by Gasteiger charge is 2.13. The number of thioether (sulfide) groups is 1. The van der Waals surface area contributed by atoms with Crippen molar-refractivity contribution in [3.8, 4) is 11.1 Å². The summed E-state index contributed by atoms with van der Waals surface area (Å²) in [6.45, 7) is 2.82. The van der Waals surface area contributed by atoms with Gasteiger partial charge in [-0.15, -0.1) is 23.1 Å². The quantitative estimate of drug-likeness (QED) is 0.397. The Hall–Kier alpha value is -1.43. The number of benzene rings is 1. The van der Waals surface area contributed by atoms with Crippen LogP contribution in [0.5, 0.6) is 0 Å². The van der Waals surface area contributed by atoms with Gasteiger partial charge in [0.05, 0.1) is 12.0 Å². The molecule has 21 heavy (non-hydrogen) atoms. The molecule has 3 aromatic rings. The summed E-state index contributed by atoms with van der Waals surface area (Å²) in [6, 6.07) is 8.60. The van der Waals surface area contributed by atoms with Gasteiger partial charge in [0.1, 0.15) is 16.2 Å². The number of methoxy groups -OCH3 is 1. The number of thiophene rings is 1. The molecule has 0 fully saturated rings. The van der Waals surface area contributed by atoms with Crippen molar-refractivity contribution in [3.05, 3.63) is 41.5 Å². The second-order valence-electron chi connectivity index (χ2n) is 4.72. The van der Waals surface area contributed by atoms with Gasteiger partial charge in [0, 0.05) is 23.8 Å². The van der Waals surface area contributed by atoms with E-state index in [9.17, 15) is 0 Å². The minimum Gasteiger partial charge on any atom is -0.384 e. The monoisotopic (exact) mass is 316 g/mol. The summed E-state index contributed by atoms with van der Waals surface area (Å²) in [4.78, 5) is 9.90. The lowest BCUT2D eigenvalue weighted by Gasteiger charge is -2.05. The highest BCUT2D eigenvalue weighted by molar-refractivity contribution is 7.99. The molecule has 0 aliphatic heterocycles. The van der Waals surface area contributed by atoms with E-state index in [1.807, 2.05) is 0 Å². The fraction of sp³-hybridized carbons (Fsp3) is 0.250. The Morgan fingerprint density at radius 3 is 2.76 bits per heavy atom. The lowest BCUT2D eigenvalue weighted by molar-refractivity contribution is 0.218. The van der Waals surface area contributed by atoms with Gasteiger partial charge in [-0.2, -0.15) is 0 Å². The minimum absolute atomic E-state index is 0.722. The first-order valence-corrected chi connectivity index (χ1v) is 8.57. The van der Waals surface area contributed by atoms with Crippen LogP contribution in [0.1, 0.15) is 5.56 Å². The molecule has 3 rings (SSSR count). The molecule has 3 nitrogen and oxygen atoms in total.